The van der Waals surface area contributed by atoms with Crippen molar-refractivity contribution >= 4 is 28.8 Å². The highest BCUT2D eigenvalue weighted by Gasteiger charge is 2.37. The number of thioether (sulfide) groups is 1. The van der Waals surface area contributed by atoms with E-state index in [0.717, 1.165) is 11.8 Å². The van der Waals surface area contributed by atoms with Gasteiger partial charge in [-0.15, -0.1) is 0 Å². The van der Waals surface area contributed by atoms with Crippen molar-refractivity contribution in [3.05, 3.63) is 30.1 Å². The highest BCUT2D eigenvalue weighted by Crippen LogP contribution is 2.27. The Hall–Kier alpha value is -1.89. The average Bonchev–Trinajstić information content (AvgIpc) is 2.87. The molecule has 7 heteroatoms. The molecule has 3 amide bonds. The lowest BCUT2D eigenvalue weighted by atomic mass is 10.0. The lowest BCUT2D eigenvalue weighted by molar-refractivity contribution is -0.126. The fraction of sp³-hybridized carbons (Fsp3) is 0.429. The standard InChI is InChI=1S/C14H15N3O3S/c18-12-9-21-14(20)17(12)11-3-7-16(8-4-11)13(19)10-1-5-15-6-2-10/h1-2,5-6,11H,3-4,7-9H2. The van der Waals surface area contributed by atoms with E-state index >= 15 is 0 Å². The number of rotatable bonds is 2. The van der Waals surface area contributed by atoms with Crippen LogP contribution in [0.25, 0.3) is 0 Å². The number of hydrogen-bond donors (Lipinski definition) is 0. The Morgan fingerprint density at radius 1 is 1.19 bits per heavy atom. The maximum absolute atomic E-state index is 12.3. The lowest BCUT2D eigenvalue weighted by Gasteiger charge is -2.35. The smallest absolute Gasteiger partial charge is 0.289 e. The minimum atomic E-state index is -0.154. The van der Waals surface area contributed by atoms with Crippen molar-refractivity contribution in [1.82, 2.24) is 14.8 Å². The molecular formula is C14H15N3O3S. The van der Waals surface area contributed by atoms with Gasteiger partial charge in [-0.25, -0.2) is 0 Å². The maximum Gasteiger partial charge on any atom is 0.289 e. The van der Waals surface area contributed by atoms with Crippen molar-refractivity contribution in [2.45, 2.75) is 18.9 Å². The van der Waals surface area contributed by atoms with Crippen LogP contribution in [0, 0.1) is 0 Å². The second-order valence-electron chi connectivity index (χ2n) is 5.08. The molecule has 0 aromatic carbocycles. The van der Waals surface area contributed by atoms with E-state index in [1.54, 1.807) is 29.4 Å². The molecule has 1 aromatic rings. The van der Waals surface area contributed by atoms with Gasteiger partial charge >= 0.3 is 0 Å². The molecule has 3 rings (SSSR count). The summed E-state index contributed by atoms with van der Waals surface area (Å²) in [7, 11) is 0. The molecule has 0 radical (unpaired) electrons. The molecule has 0 bridgehead atoms. The van der Waals surface area contributed by atoms with Gasteiger partial charge < -0.3 is 4.90 Å². The molecule has 1 aromatic heterocycles. The number of pyridine rings is 1. The van der Waals surface area contributed by atoms with Gasteiger partial charge in [0.25, 0.3) is 11.1 Å². The van der Waals surface area contributed by atoms with E-state index in [1.165, 1.54) is 4.90 Å². The van der Waals surface area contributed by atoms with Gasteiger partial charge in [-0.05, 0) is 25.0 Å². The summed E-state index contributed by atoms with van der Waals surface area (Å²) in [5.41, 5.74) is 0.618. The van der Waals surface area contributed by atoms with Crippen molar-refractivity contribution in [3.8, 4) is 0 Å². The largest absolute Gasteiger partial charge is 0.338 e. The van der Waals surface area contributed by atoms with E-state index in [2.05, 4.69) is 4.98 Å². The minimum Gasteiger partial charge on any atom is -0.338 e. The zero-order valence-corrected chi connectivity index (χ0v) is 12.2. The number of imide groups is 1. The first kappa shape index (κ1) is 14.1. The fourth-order valence-corrected chi connectivity index (χ4v) is 3.50. The number of likely N-dealkylation sites (tertiary alicyclic amines) is 1. The average molecular weight is 305 g/mol. The highest BCUT2D eigenvalue weighted by atomic mass is 32.2. The van der Waals surface area contributed by atoms with E-state index in [0.29, 0.717) is 31.5 Å². The van der Waals surface area contributed by atoms with Gasteiger partial charge in [0.1, 0.15) is 0 Å². The molecule has 0 aliphatic carbocycles. The van der Waals surface area contributed by atoms with E-state index in [4.69, 9.17) is 0 Å². The first-order valence-corrected chi connectivity index (χ1v) is 7.83. The van der Waals surface area contributed by atoms with Gasteiger partial charge in [-0.3, -0.25) is 24.3 Å². The van der Waals surface area contributed by atoms with Crippen LogP contribution in [0.4, 0.5) is 4.79 Å². The number of carbonyl (C=O) groups is 3. The second kappa shape index (κ2) is 5.85. The van der Waals surface area contributed by atoms with Crippen LogP contribution in [-0.2, 0) is 4.79 Å². The van der Waals surface area contributed by atoms with Gasteiger partial charge in [-0.2, -0.15) is 0 Å². The predicted octanol–water partition coefficient (Wildman–Crippen LogP) is 1.38. The Morgan fingerprint density at radius 2 is 1.86 bits per heavy atom. The first-order chi connectivity index (χ1) is 10.2. The van der Waals surface area contributed by atoms with Crippen LogP contribution >= 0.6 is 11.8 Å². The molecule has 0 spiro atoms. The topological polar surface area (TPSA) is 70.6 Å². The summed E-state index contributed by atoms with van der Waals surface area (Å²) in [5.74, 6) is 0.114. The van der Waals surface area contributed by atoms with Crippen LogP contribution in [0.1, 0.15) is 23.2 Å². The van der Waals surface area contributed by atoms with Gasteiger partial charge in [0.15, 0.2) is 0 Å². The zero-order chi connectivity index (χ0) is 14.8. The van der Waals surface area contributed by atoms with E-state index in [9.17, 15) is 14.4 Å². The zero-order valence-electron chi connectivity index (χ0n) is 11.4. The van der Waals surface area contributed by atoms with Crippen molar-refractivity contribution in [2.24, 2.45) is 0 Å². The number of aromatic nitrogens is 1. The molecule has 2 aliphatic rings. The highest BCUT2D eigenvalue weighted by molar-refractivity contribution is 8.14. The number of piperidine rings is 1. The summed E-state index contributed by atoms with van der Waals surface area (Å²) < 4.78 is 0. The van der Waals surface area contributed by atoms with E-state index in [-0.39, 0.29) is 28.8 Å². The molecule has 0 atom stereocenters. The van der Waals surface area contributed by atoms with Crippen molar-refractivity contribution in [1.29, 1.82) is 0 Å². The Kier molecular flexibility index (Phi) is 3.92. The van der Waals surface area contributed by atoms with Gasteiger partial charge in [0.05, 0.1) is 5.75 Å². The summed E-state index contributed by atoms with van der Waals surface area (Å²) in [6.45, 7) is 1.13. The molecule has 0 N–H and O–H groups in total. The van der Waals surface area contributed by atoms with Crippen LogP contribution in [0.5, 0.6) is 0 Å². The summed E-state index contributed by atoms with van der Waals surface area (Å²) in [6, 6.07) is 3.32. The summed E-state index contributed by atoms with van der Waals surface area (Å²) in [6.07, 6.45) is 4.49. The molecule has 110 valence electrons. The van der Waals surface area contributed by atoms with Gasteiger partial charge in [0, 0.05) is 37.1 Å². The SMILES string of the molecule is O=C(c1ccncc1)N1CCC(N2C(=O)CSC2=O)CC1. The van der Waals surface area contributed by atoms with Crippen molar-refractivity contribution < 1.29 is 14.4 Å². The maximum atomic E-state index is 12.3. The molecule has 2 saturated heterocycles. The van der Waals surface area contributed by atoms with Crippen LogP contribution in [0.2, 0.25) is 0 Å². The Labute approximate surface area is 126 Å². The van der Waals surface area contributed by atoms with Crippen LogP contribution in [0.15, 0.2) is 24.5 Å². The third-order valence-electron chi connectivity index (χ3n) is 3.83. The fourth-order valence-electron chi connectivity index (χ4n) is 2.72. The van der Waals surface area contributed by atoms with Gasteiger partial charge in [-0.1, -0.05) is 11.8 Å². The Morgan fingerprint density at radius 3 is 2.43 bits per heavy atom. The van der Waals surface area contributed by atoms with Crippen LogP contribution in [0.3, 0.4) is 0 Å². The second-order valence-corrected chi connectivity index (χ2v) is 6.00. The molecule has 3 heterocycles. The van der Waals surface area contributed by atoms with Crippen molar-refractivity contribution in [2.75, 3.05) is 18.8 Å². The summed E-state index contributed by atoms with van der Waals surface area (Å²) in [5, 5.41) is -0.154. The van der Waals surface area contributed by atoms with Crippen LogP contribution in [-0.4, -0.2) is 56.7 Å². The minimum absolute atomic E-state index is 0.0238. The number of amides is 3. The molecule has 2 fully saturated rings. The van der Waals surface area contributed by atoms with Crippen molar-refractivity contribution in [3.63, 3.8) is 0 Å². The third-order valence-corrected chi connectivity index (χ3v) is 4.66. The van der Waals surface area contributed by atoms with E-state index < -0.39 is 0 Å². The molecule has 0 saturated carbocycles. The quantitative estimate of drug-likeness (QED) is 0.825. The lowest BCUT2D eigenvalue weighted by Crippen LogP contribution is -2.48. The molecule has 6 nitrogen and oxygen atoms in total. The Bertz CT molecular complexity index is 554. The molecule has 2 aliphatic heterocycles. The van der Waals surface area contributed by atoms with E-state index in [1.807, 2.05) is 0 Å². The Balaban J connectivity index is 1.62. The molecule has 0 unspecified atom stereocenters. The third kappa shape index (κ3) is 2.78. The molecule has 21 heavy (non-hydrogen) atoms. The normalized spacial score (nSPS) is 20.2. The first-order valence-electron chi connectivity index (χ1n) is 6.85. The monoisotopic (exact) mass is 305 g/mol. The number of carbonyl (C=O) groups excluding carboxylic acids is 3. The number of hydrogen-bond acceptors (Lipinski definition) is 5. The van der Waals surface area contributed by atoms with Crippen LogP contribution < -0.4 is 0 Å². The molecular weight excluding hydrogens is 290 g/mol. The summed E-state index contributed by atoms with van der Waals surface area (Å²) in [4.78, 5) is 42.8. The number of nitrogens with zero attached hydrogens (tertiary/aromatic N) is 3. The predicted molar refractivity (Wildman–Crippen MR) is 77.9 cm³/mol. The summed E-state index contributed by atoms with van der Waals surface area (Å²) >= 11 is 1.06. The van der Waals surface area contributed by atoms with Gasteiger partial charge in [0.2, 0.25) is 5.91 Å².